The molecule has 0 aliphatic carbocycles. The van der Waals surface area contributed by atoms with Crippen LogP contribution in [-0.2, 0) is 6.42 Å². The van der Waals surface area contributed by atoms with Gasteiger partial charge in [0.15, 0.2) is 0 Å². The van der Waals surface area contributed by atoms with Crippen LogP contribution in [0.25, 0.3) is 0 Å². The number of aromatic nitrogens is 1. The molecular formula is C23H25N3O2. The van der Waals surface area contributed by atoms with Gasteiger partial charge in [-0.1, -0.05) is 36.4 Å². The number of nitrogens with zero attached hydrogens (tertiary/aromatic N) is 2. The summed E-state index contributed by atoms with van der Waals surface area (Å²) in [7, 11) is 1.62. The zero-order valence-corrected chi connectivity index (χ0v) is 16.3. The van der Waals surface area contributed by atoms with Crippen LogP contribution in [0.15, 0.2) is 72.9 Å². The van der Waals surface area contributed by atoms with Crippen molar-refractivity contribution in [3.05, 3.63) is 84.1 Å². The number of rotatable bonds is 7. The summed E-state index contributed by atoms with van der Waals surface area (Å²) in [6, 6.07) is 21.3. The van der Waals surface area contributed by atoms with Gasteiger partial charge in [0, 0.05) is 12.7 Å². The Morgan fingerprint density at radius 3 is 2.46 bits per heavy atom. The van der Waals surface area contributed by atoms with Crippen molar-refractivity contribution in [2.75, 3.05) is 18.6 Å². The predicted octanol–water partition coefficient (Wildman–Crippen LogP) is 4.88. The Morgan fingerprint density at radius 2 is 1.79 bits per heavy atom. The lowest BCUT2D eigenvalue weighted by atomic mass is 10.1. The molecule has 0 saturated carbocycles. The van der Waals surface area contributed by atoms with Gasteiger partial charge in [-0.05, 0) is 61.2 Å². The van der Waals surface area contributed by atoms with Gasteiger partial charge in [0.05, 0.1) is 12.8 Å². The van der Waals surface area contributed by atoms with Crippen LogP contribution >= 0.6 is 0 Å². The number of aryl methyl sites for hydroxylation is 2. The summed E-state index contributed by atoms with van der Waals surface area (Å²) in [6.45, 7) is 2.54. The fraction of sp³-hybridized carbons (Fsp3) is 0.217. The van der Waals surface area contributed by atoms with Crippen molar-refractivity contribution >= 4 is 17.5 Å². The number of carbonyl (C=O) groups excluding carboxylic acids is 1. The van der Waals surface area contributed by atoms with Gasteiger partial charge >= 0.3 is 6.03 Å². The van der Waals surface area contributed by atoms with E-state index < -0.39 is 0 Å². The van der Waals surface area contributed by atoms with E-state index in [2.05, 4.69) is 22.4 Å². The molecule has 144 valence electrons. The number of anilines is 2. The average Bonchev–Trinajstić information content (AvgIpc) is 2.74. The second-order valence-electron chi connectivity index (χ2n) is 6.50. The van der Waals surface area contributed by atoms with Crippen molar-refractivity contribution in [3.8, 4) is 5.75 Å². The number of methoxy groups -OCH3 is 1. The van der Waals surface area contributed by atoms with Crippen molar-refractivity contribution in [1.82, 2.24) is 10.3 Å². The van der Waals surface area contributed by atoms with E-state index in [0.29, 0.717) is 12.4 Å². The van der Waals surface area contributed by atoms with Crippen LogP contribution in [0.2, 0.25) is 0 Å². The van der Waals surface area contributed by atoms with Crippen molar-refractivity contribution < 1.29 is 9.53 Å². The normalized spacial score (nSPS) is 10.4. The number of hydrogen-bond acceptors (Lipinski definition) is 3. The monoisotopic (exact) mass is 375 g/mol. The Labute approximate surface area is 166 Å². The molecule has 28 heavy (non-hydrogen) atoms. The summed E-state index contributed by atoms with van der Waals surface area (Å²) in [5, 5.41) is 3.02. The summed E-state index contributed by atoms with van der Waals surface area (Å²) < 4.78 is 5.23. The molecule has 0 aliphatic rings. The van der Waals surface area contributed by atoms with Crippen LogP contribution in [0, 0.1) is 6.92 Å². The van der Waals surface area contributed by atoms with E-state index >= 15 is 0 Å². The molecule has 5 nitrogen and oxygen atoms in total. The first-order valence-corrected chi connectivity index (χ1v) is 9.36. The van der Waals surface area contributed by atoms with Crippen LogP contribution in [-0.4, -0.2) is 24.7 Å². The van der Waals surface area contributed by atoms with Crippen molar-refractivity contribution in [2.24, 2.45) is 0 Å². The van der Waals surface area contributed by atoms with E-state index in [0.717, 1.165) is 29.8 Å². The van der Waals surface area contributed by atoms with E-state index in [4.69, 9.17) is 4.74 Å². The zero-order chi connectivity index (χ0) is 19.8. The minimum atomic E-state index is -0.194. The fourth-order valence-corrected chi connectivity index (χ4v) is 2.99. The predicted molar refractivity (Wildman–Crippen MR) is 112 cm³/mol. The first-order chi connectivity index (χ1) is 13.7. The van der Waals surface area contributed by atoms with Crippen LogP contribution in [0.5, 0.6) is 5.75 Å². The number of hydrogen-bond donors (Lipinski definition) is 1. The lowest BCUT2D eigenvalue weighted by molar-refractivity contribution is 0.248. The van der Waals surface area contributed by atoms with Crippen LogP contribution in [0.1, 0.15) is 17.5 Å². The van der Waals surface area contributed by atoms with Gasteiger partial charge < -0.3 is 10.1 Å². The highest BCUT2D eigenvalue weighted by Crippen LogP contribution is 2.28. The largest absolute Gasteiger partial charge is 0.497 e. The fourth-order valence-electron chi connectivity index (χ4n) is 2.99. The Morgan fingerprint density at radius 1 is 1.04 bits per heavy atom. The van der Waals surface area contributed by atoms with Crippen molar-refractivity contribution in [1.29, 1.82) is 0 Å². The number of amides is 2. The summed E-state index contributed by atoms with van der Waals surface area (Å²) in [5.41, 5.74) is 2.94. The second kappa shape index (κ2) is 9.55. The second-order valence-corrected chi connectivity index (χ2v) is 6.50. The Bertz CT molecular complexity index is 895. The molecule has 2 amide bonds. The maximum absolute atomic E-state index is 13.0. The van der Waals surface area contributed by atoms with Gasteiger partial charge in [-0.3, -0.25) is 0 Å². The average molecular weight is 375 g/mol. The molecule has 1 aromatic heterocycles. The molecule has 0 fully saturated rings. The van der Waals surface area contributed by atoms with Gasteiger partial charge in [-0.15, -0.1) is 0 Å². The third-order valence-electron chi connectivity index (χ3n) is 4.49. The summed E-state index contributed by atoms with van der Waals surface area (Å²) in [5.74, 6) is 1.36. The minimum absolute atomic E-state index is 0.194. The number of nitrogens with one attached hydrogen (secondary N) is 1. The Hall–Kier alpha value is -3.34. The molecular weight excluding hydrogens is 350 g/mol. The molecule has 0 unspecified atom stereocenters. The van der Waals surface area contributed by atoms with E-state index in [1.54, 1.807) is 18.2 Å². The Kier molecular flexibility index (Phi) is 6.63. The highest BCUT2D eigenvalue weighted by atomic mass is 16.5. The summed E-state index contributed by atoms with van der Waals surface area (Å²) in [6.07, 6.45) is 3.49. The topological polar surface area (TPSA) is 54.5 Å². The van der Waals surface area contributed by atoms with Gasteiger partial charge in [0.1, 0.15) is 11.6 Å². The van der Waals surface area contributed by atoms with E-state index in [-0.39, 0.29) is 6.03 Å². The van der Waals surface area contributed by atoms with Gasteiger partial charge in [-0.25, -0.2) is 14.7 Å². The van der Waals surface area contributed by atoms with E-state index in [1.807, 2.05) is 61.5 Å². The quantitative estimate of drug-likeness (QED) is 0.599. The molecule has 0 bridgehead atoms. The SMILES string of the molecule is COc1ccc(N(C(=O)NCCCc2ccccc2)c2ncccc2C)cc1. The maximum Gasteiger partial charge on any atom is 0.327 e. The zero-order valence-electron chi connectivity index (χ0n) is 16.3. The first kappa shape index (κ1) is 19.4. The molecule has 3 rings (SSSR count). The smallest absolute Gasteiger partial charge is 0.327 e. The molecule has 0 radical (unpaired) electrons. The van der Waals surface area contributed by atoms with E-state index in [9.17, 15) is 4.79 Å². The highest BCUT2D eigenvalue weighted by molar-refractivity contribution is 5.99. The maximum atomic E-state index is 13.0. The lowest BCUT2D eigenvalue weighted by Gasteiger charge is -2.24. The number of pyridine rings is 1. The molecule has 3 aromatic rings. The molecule has 0 aliphatic heterocycles. The van der Waals surface area contributed by atoms with Crippen LogP contribution in [0.3, 0.4) is 0 Å². The van der Waals surface area contributed by atoms with Gasteiger partial charge in [0.2, 0.25) is 0 Å². The standard InChI is InChI=1S/C23H25N3O2/c1-18-8-6-16-24-22(18)26(20-12-14-21(28-2)15-13-20)23(27)25-17-7-11-19-9-4-3-5-10-19/h3-6,8-10,12-16H,7,11,17H2,1-2H3,(H,25,27). The summed E-state index contributed by atoms with van der Waals surface area (Å²) in [4.78, 5) is 19.0. The van der Waals surface area contributed by atoms with Gasteiger partial charge in [-0.2, -0.15) is 0 Å². The third-order valence-corrected chi connectivity index (χ3v) is 4.49. The number of benzene rings is 2. The molecule has 1 heterocycles. The van der Waals surface area contributed by atoms with Gasteiger partial charge in [0.25, 0.3) is 0 Å². The molecule has 0 spiro atoms. The first-order valence-electron chi connectivity index (χ1n) is 9.36. The lowest BCUT2D eigenvalue weighted by Crippen LogP contribution is -2.38. The van der Waals surface area contributed by atoms with E-state index in [1.165, 1.54) is 5.56 Å². The Balaban J connectivity index is 1.72. The molecule has 2 aromatic carbocycles. The van der Waals surface area contributed by atoms with Crippen molar-refractivity contribution in [2.45, 2.75) is 19.8 Å². The molecule has 0 saturated heterocycles. The van der Waals surface area contributed by atoms with Crippen LogP contribution in [0.4, 0.5) is 16.3 Å². The number of urea groups is 1. The molecule has 1 N–H and O–H groups in total. The van der Waals surface area contributed by atoms with Crippen LogP contribution < -0.4 is 15.0 Å². The third kappa shape index (κ3) is 4.88. The van der Waals surface area contributed by atoms with Crippen molar-refractivity contribution in [3.63, 3.8) is 0 Å². The minimum Gasteiger partial charge on any atom is -0.497 e. The molecule has 5 heteroatoms. The number of ether oxygens (including phenoxy) is 1. The highest BCUT2D eigenvalue weighted by Gasteiger charge is 2.20. The summed E-state index contributed by atoms with van der Waals surface area (Å²) >= 11 is 0. The number of carbonyl (C=O) groups is 1. The molecule has 0 atom stereocenters.